The van der Waals surface area contributed by atoms with E-state index in [9.17, 15) is 19.5 Å². The van der Waals surface area contributed by atoms with Crippen molar-refractivity contribution in [1.82, 2.24) is 9.88 Å². The summed E-state index contributed by atoms with van der Waals surface area (Å²) in [6.07, 6.45) is 10.8. The van der Waals surface area contributed by atoms with Gasteiger partial charge in [0.05, 0.1) is 11.6 Å². The lowest BCUT2D eigenvalue weighted by molar-refractivity contribution is -0.242. The molecule has 4 heterocycles. The molecule has 0 radical (unpaired) electrons. The van der Waals surface area contributed by atoms with Gasteiger partial charge in [-0.2, -0.15) is 0 Å². The van der Waals surface area contributed by atoms with E-state index in [0.29, 0.717) is 41.9 Å². The van der Waals surface area contributed by atoms with Crippen LogP contribution in [-0.4, -0.2) is 70.3 Å². The second kappa shape index (κ2) is 15.7. The number of aromatic nitrogens is 1. The lowest BCUT2D eigenvalue weighted by Crippen LogP contribution is -2.65. The zero-order chi connectivity index (χ0) is 40.4. The van der Waals surface area contributed by atoms with Gasteiger partial charge < -0.3 is 19.3 Å². The van der Waals surface area contributed by atoms with E-state index in [1.54, 1.807) is 0 Å². The van der Waals surface area contributed by atoms with Crippen LogP contribution in [0.15, 0.2) is 43.0 Å². The molecular weight excluding hydrogens is 717 g/mol. The average Bonchev–Trinajstić information content (AvgIpc) is 3.54. The Balaban J connectivity index is 1.03. The maximum absolute atomic E-state index is 12.9. The van der Waals surface area contributed by atoms with Gasteiger partial charge in [0.25, 0.3) is 0 Å². The maximum atomic E-state index is 12.9. The molecule has 1 aromatic heterocycles. The second-order valence-electron chi connectivity index (χ2n) is 19.7. The lowest BCUT2D eigenvalue weighted by Gasteiger charge is -2.64. The number of benzene rings is 1. The number of fused-ring (bicyclic) bond motifs is 9. The molecule has 4 aliphatic carbocycles. The van der Waals surface area contributed by atoms with Gasteiger partial charge in [0.15, 0.2) is 0 Å². The van der Waals surface area contributed by atoms with Crippen LogP contribution in [0.2, 0.25) is 0 Å². The van der Waals surface area contributed by atoms with Crippen molar-refractivity contribution in [3.63, 3.8) is 0 Å². The number of piperidine rings is 3. The van der Waals surface area contributed by atoms with Crippen LogP contribution >= 0.6 is 0 Å². The SMILES string of the molecule is C=C[C@H]1CN2CC[C@H]1C[C@@H]2[C@@H](O)c1cc(CC[C@@H](C)[C@H]2CC[C@H]3[C@@H]4[C@H](OC(C)=O)[C@H](OC(C)=O)[C@@H]5C[C@H](OC(C)=O)CC[C@]5(C)[C@H]4CC[C@]23C)nc2ccccc12. The number of rotatable bonds is 10. The minimum absolute atomic E-state index is 0.0497. The first-order valence-electron chi connectivity index (χ1n) is 22.2. The third-order valence-electron chi connectivity index (χ3n) is 16.8. The third-order valence-corrected chi connectivity index (χ3v) is 16.8. The topological polar surface area (TPSA) is 115 Å². The van der Waals surface area contributed by atoms with Crippen molar-refractivity contribution in [3.8, 4) is 0 Å². The summed E-state index contributed by atoms with van der Waals surface area (Å²) in [6.45, 7) is 17.8. The van der Waals surface area contributed by atoms with Crippen LogP contribution in [0.1, 0.15) is 123 Å². The normalized spacial score (nSPS) is 40.5. The van der Waals surface area contributed by atoms with Crippen molar-refractivity contribution in [2.45, 2.75) is 143 Å². The highest BCUT2D eigenvalue weighted by Crippen LogP contribution is 2.69. The van der Waals surface area contributed by atoms with Crippen molar-refractivity contribution in [1.29, 1.82) is 0 Å². The van der Waals surface area contributed by atoms with E-state index in [1.165, 1.54) is 27.2 Å². The predicted octanol–water partition coefficient (Wildman–Crippen LogP) is 8.41. The highest BCUT2D eigenvalue weighted by molar-refractivity contribution is 5.83. The van der Waals surface area contributed by atoms with Gasteiger partial charge in [-0.05, 0) is 141 Å². The van der Waals surface area contributed by atoms with Crippen molar-refractivity contribution in [2.75, 3.05) is 13.1 Å². The fourth-order valence-corrected chi connectivity index (χ4v) is 14.3. The Morgan fingerprint density at radius 2 is 1.61 bits per heavy atom. The van der Waals surface area contributed by atoms with Crippen molar-refractivity contribution in [2.24, 2.45) is 58.2 Å². The monoisotopic (exact) mass is 782 g/mol. The van der Waals surface area contributed by atoms with Crippen LogP contribution in [0.4, 0.5) is 0 Å². The summed E-state index contributed by atoms with van der Waals surface area (Å²) in [7, 11) is 0. The summed E-state index contributed by atoms with van der Waals surface area (Å²) < 4.78 is 18.3. The van der Waals surface area contributed by atoms with E-state index < -0.39 is 18.3 Å². The Morgan fingerprint density at radius 1 is 0.912 bits per heavy atom. The third kappa shape index (κ3) is 7.25. The number of esters is 3. The van der Waals surface area contributed by atoms with Gasteiger partial charge in [0.1, 0.15) is 18.3 Å². The summed E-state index contributed by atoms with van der Waals surface area (Å²) in [5, 5.41) is 13.1. The fraction of sp³-hybridized carbons (Fsp3) is 0.708. The molecule has 0 spiro atoms. The van der Waals surface area contributed by atoms with E-state index in [4.69, 9.17) is 19.2 Å². The van der Waals surface area contributed by atoms with E-state index >= 15 is 0 Å². The summed E-state index contributed by atoms with van der Waals surface area (Å²) >= 11 is 0. The zero-order valence-corrected chi connectivity index (χ0v) is 35.2. The minimum atomic E-state index is -0.581. The molecule has 3 aliphatic heterocycles. The first kappa shape index (κ1) is 40.5. The van der Waals surface area contributed by atoms with Crippen molar-refractivity contribution < 1.29 is 33.7 Å². The van der Waals surface area contributed by atoms with Crippen molar-refractivity contribution in [3.05, 3.63) is 54.2 Å². The summed E-state index contributed by atoms with van der Waals surface area (Å²) in [5.41, 5.74) is 2.93. The molecule has 7 fully saturated rings. The quantitative estimate of drug-likeness (QED) is 0.144. The highest BCUT2D eigenvalue weighted by atomic mass is 16.6. The molecule has 9 nitrogen and oxygen atoms in total. The zero-order valence-electron chi connectivity index (χ0n) is 35.2. The molecule has 4 saturated carbocycles. The molecule has 1 N–H and O–H groups in total. The average molecular weight is 783 g/mol. The van der Waals surface area contributed by atoms with Gasteiger partial charge in [-0.3, -0.25) is 24.3 Å². The number of aryl methyl sites for hydroxylation is 1. The molecule has 9 heteroatoms. The van der Waals surface area contributed by atoms with Crippen LogP contribution < -0.4 is 0 Å². The number of pyridine rings is 1. The van der Waals surface area contributed by atoms with Crippen LogP contribution in [-0.2, 0) is 35.0 Å². The number of carbonyl (C=O) groups excluding carboxylic acids is 3. The molecule has 2 bridgehead atoms. The van der Waals surface area contributed by atoms with Gasteiger partial charge in [-0.15, -0.1) is 6.58 Å². The van der Waals surface area contributed by atoms with Crippen molar-refractivity contribution >= 4 is 28.8 Å². The molecule has 310 valence electrons. The largest absolute Gasteiger partial charge is 0.463 e. The Labute approximate surface area is 339 Å². The van der Waals surface area contributed by atoms with E-state index in [2.05, 4.69) is 62.6 Å². The van der Waals surface area contributed by atoms with Gasteiger partial charge >= 0.3 is 17.9 Å². The first-order valence-corrected chi connectivity index (χ1v) is 22.2. The Kier molecular flexibility index (Phi) is 11.2. The maximum Gasteiger partial charge on any atom is 0.303 e. The van der Waals surface area contributed by atoms with Gasteiger partial charge in [0, 0.05) is 56.3 Å². The number of hydrogen-bond donors (Lipinski definition) is 1. The van der Waals surface area contributed by atoms with E-state index in [-0.39, 0.29) is 52.7 Å². The molecule has 9 rings (SSSR count). The van der Waals surface area contributed by atoms with E-state index in [0.717, 1.165) is 93.0 Å². The molecule has 0 amide bonds. The standard InChI is InChI=1S/C48H66N2O7/c1-8-31-26-50-22-19-32(31)23-42(50)44(54)36-24-33(49-41-12-10-9-11-35(36)41)14-13-27(2)37-15-16-38-43-39(18-21-47(37,38)6)48(7)20-17-34(55-28(3)51)25-40(48)45(56-29(4)52)46(43)57-30(5)53/h8-12,24,27,31-32,34,37-40,42-46,54H,1,13-23,25-26H2,2-7H3/t27-,31+,32+,34-,37-,38+,39+,40+,42-,43+,44+,45-,46+,47-,48-/m1/s1. The predicted molar refractivity (Wildman–Crippen MR) is 219 cm³/mol. The Bertz CT molecular complexity index is 1860. The molecule has 1 unspecified atom stereocenters. The lowest BCUT2D eigenvalue weighted by atomic mass is 9.43. The Morgan fingerprint density at radius 3 is 2.32 bits per heavy atom. The minimum Gasteiger partial charge on any atom is -0.463 e. The van der Waals surface area contributed by atoms with Gasteiger partial charge in [-0.1, -0.05) is 45.0 Å². The number of carbonyl (C=O) groups is 3. The number of aliphatic hydroxyl groups excluding tert-OH is 1. The van der Waals surface area contributed by atoms with Crippen LogP contribution in [0.25, 0.3) is 10.9 Å². The molecule has 1 aromatic carbocycles. The second-order valence-corrected chi connectivity index (χ2v) is 19.7. The van der Waals surface area contributed by atoms with Crippen LogP contribution in [0.5, 0.6) is 0 Å². The fourth-order valence-electron chi connectivity index (χ4n) is 14.3. The number of para-hydroxylation sites is 1. The first-order chi connectivity index (χ1) is 27.2. The summed E-state index contributed by atoms with van der Waals surface area (Å²) in [4.78, 5) is 45.3. The van der Waals surface area contributed by atoms with Crippen LogP contribution in [0, 0.1) is 58.2 Å². The number of hydrogen-bond acceptors (Lipinski definition) is 9. The van der Waals surface area contributed by atoms with E-state index in [1.807, 2.05) is 6.07 Å². The molecule has 16 atom stereocenters. The smallest absolute Gasteiger partial charge is 0.303 e. The van der Waals surface area contributed by atoms with Gasteiger partial charge in [-0.25, -0.2) is 0 Å². The Hall–Kier alpha value is -3.30. The number of nitrogens with zero attached hydrogens (tertiary/aromatic N) is 2. The molecule has 2 aromatic rings. The molecular formula is C48H66N2O7. The molecule has 57 heavy (non-hydrogen) atoms. The van der Waals surface area contributed by atoms with Crippen LogP contribution in [0.3, 0.4) is 0 Å². The number of aliphatic hydroxyl groups is 1. The summed E-state index contributed by atoms with van der Waals surface area (Å²) in [5.74, 6) is 1.68. The molecule has 7 aliphatic rings. The highest BCUT2D eigenvalue weighted by Gasteiger charge is 2.67. The summed E-state index contributed by atoms with van der Waals surface area (Å²) in [6, 6.07) is 10.6. The van der Waals surface area contributed by atoms with Gasteiger partial charge in [0.2, 0.25) is 0 Å². The molecule has 3 saturated heterocycles. The number of ether oxygens (including phenoxy) is 3.